The number of rotatable bonds is 5. The van der Waals surface area contributed by atoms with Gasteiger partial charge in [0.2, 0.25) is 0 Å². The Hall–Kier alpha value is -0.740. The summed E-state index contributed by atoms with van der Waals surface area (Å²) in [4.78, 5) is 4.23. The molecule has 1 saturated carbocycles. The van der Waals surface area contributed by atoms with E-state index >= 15 is 0 Å². The highest BCUT2D eigenvalue weighted by molar-refractivity contribution is 7.99. The predicted octanol–water partition coefficient (Wildman–Crippen LogP) is 3.30. The van der Waals surface area contributed by atoms with Crippen molar-refractivity contribution in [3.8, 4) is 0 Å². The second-order valence-corrected chi connectivity index (χ2v) is 6.69. The van der Waals surface area contributed by atoms with E-state index in [-0.39, 0.29) is 0 Å². The molecule has 0 amide bonds. The molecule has 1 heterocycles. The largest absolute Gasteiger partial charge is 0.383 e. The van der Waals surface area contributed by atoms with Gasteiger partial charge in [-0.1, -0.05) is 19.3 Å². The molecule has 3 nitrogen and oxygen atoms in total. The fraction of sp³-hybridized carbons (Fsp3) is 0.667. The van der Waals surface area contributed by atoms with E-state index in [1.54, 1.807) is 6.20 Å². The Morgan fingerprint density at radius 2 is 2.16 bits per heavy atom. The number of aromatic nitrogens is 1. The first-order valence-electron chi connectivity index (χ1n) is 7.22. The van der Waals surface area contributed by atoms with Crippen molar-refractivity contribution in [3.05, 3.63) is 23.4 Å². The zero-order valence-electron chi connectivity index (χ0n) is 12.0. The highest BCUT2D eigenvalue weighted by Crippen LogP contribution is 2.32. The molecule has 1 aliphatic rings. The Bertz CT molecular complexity index is 382. The van der Waals surface area contributed by atoms with Crippen molar-refractivity contribution >= 4 is 17.6 Å². The summed E-state index contributed by atoms with van der Waals surface area (Å²) in [6.07, 6.45) is 8.76. The van der Waals surface area contributed by atoms with Crippen molar-refractivity contribution in [3.63, 3.8) is 0 Å². The van der Waals surface area contributed by atoms with E-state index in [1.807, 2.05) is 13.1 Å². The summed E-state index contributed by atoms with van der Waals surface area (Å²) in [5.41, 5.74) is 8.45. The average Bonchev–Trinajstić information content (AvgIpc) is 2.43. The Labute approximate surface area is 120 Å². The van der Waals surface area contributed by atoms with E-state index < -0.39 is 0 Å². The number of anilines is 1. The molecule has 0 saturated heterocycles. The Balaban J connectivity index is 1.99. The molecule has 0 bridgehead atoms. The van der Waals surface area contributed by atoms with Gasteiger partial charge in [-0.15, -0.1) is 0 Å². The third kappa shape index (κ3) is 3.86. The van der Waals surface area contributed by atoms with Gasteiger partial charge in [0.1, 0.15) is 5.82 Å². The van der Waals surface area contributed by atoms with Gasteiger partial charge in [0.25, 0.3) is 0 Å². The molecule has 0 spiro atoms. The van der Waals surface area contributed by atoms with Crippen LogP contribution >= 0.6 is 11.8 Å². The summed E-state index contributed by atoms with van der Waals surface area (Å²) in [5, 5.41) is 4.23. The molecule has 0 aliphatic heterocycles. The van der Waals surface area contributed by atoms with Crippen LogP contribution in [0.3, 0.4) is 0 Å². The highest BCUT2D eigenvalue weighted by atomic mass is 32.2. The minimum Gasteiger partial charge on any atom is -0.383 e. The molecule has 1 fully saturated rings. The van der Waals surface area contributed by atoms with E-state index in [9.17, 15) is 0 Å². The molecule has 19 heavy (non-hydrogen) atoms. The molecule has 1 aromatic rings. The second kappa shape index (κ2) is 7.15. The first-order valence-corrected chi connectivity index (χ1v) is 8.27. The quantitative estimate of drug-likeness (QED) is 0.868. The summed E-state index contributed by atoms with van der Waals surface area (Å²) in [6, 6.07) is 2.35. The predicted molar refractivity (Wildman–Crippen MR) is 84.5 cm³/mol. The van der Waals surface area contributed by atoms with Crippen molar-refractivity contribution in [2.24, 2.45) is 0 Å². The van der Waals surface area contributed by atoms with Crippen LogP contribution in [0, 0.1) is 6.92 Å². The van der Waals surface area contributed by atoms with Crippen LogP contribution in [0.2, 0.25) is 0 Å². The minimum atomic E-state index is 0.306. The number of nitrogens with one attached hydrogen (secondary N) is 1. The zero-order chi connectivity index (χ0) is 13.7. The van der Waals surface area contributed by atoms with Gasteiger partial charge in [-0.05, 0) is 38.4 Å². The number of nitrogen functional groups attached to an aromatic ring is 1. The topological polar surface area (TPSA) is 50.9 Å². The molecule has 1 aromatic heterocycles. The summed E-state index contributed by atoms with van der Waals surface area (Å²) in [7, 11) is 2.01. The third-order valence-electron chi connectivity index (χ3n) is 3.99. The molecular formula is C15H25N3S. The summed E-state index contributed by atoms with van der Waals surface area (Å²) < 4.78 is 0. The number of pyridine rings is 1. The van der Waals surface area contributed by atoms with Crippen LogP contribution in [-0.4, -0.2) is 23.0 Å². The van der Waals surface area contributed by atoms with Gasteiger partial charge in [-0.25, -0.2) is 4.98 Å². The number of hydrogen-bond acceptors (Lipinski definition) is 4. The molecule has 1 atom stereocenters. The summed E-state index contributed by atoms with van der Waals surface area (Å²) >= 11 is 2.10. The van der Waals surface area contributed by atoms with E-state index in [2.05, 4.69) is 29.0 Å². The second-order valence-electron chi connectivity index (χ2n) is 5.36. The average molecular weight is 279 g/mol. The van der Waals surface area contributed by atoms with Gasteiger partial charge < -0.3 is 11.1 Å². The van der Waals surface area contributed by atoms with Crippen LogP contribution in [0.1, 0.15) is 49.3 Å². The molecule has 106 valence electrons. The smallest absolute Gasteiger partial charge is 0.128 e. The molecule has 4 heteroatoms. The maximum absolute atomic E-state index is 6.05. The van der Waals surface area contributed by atoms with Crippen molar-refractivity contribution in [2.75, 3.05) is 18.5 Å². The molecule has 0 radical (unpaired) electrons. The Kier molecular flexibility index (Phi) is 5.52. The SMILES string of the molecule is CNC(CSC1CCCCC1)c1c(C)ccnc1N. The fourth-order valence-electron chi connectivity index (χ4n) is 2.82. The first-order chi connectivity index (χ1) is 9.22. The molecule has 1 unspecified atom stereocenters. The molecular weight excluding hydrogens is 254 g/mol. The van der Waals surface area contributed by atoms with Gasteiger partial charge in [-0.2, -0.15) is 11.8 Å². The third-order valence-corrected chi connectivity index (χ3v) is 5.46. The lowest BCUT2D eigenvalue weighted by atomic mass is 10.0. The lowest BCUT2D eigenvalue weighted by Crippen LogP contribution is -2.23. The van der Waals surface area contributed by atoms with Crippen molar-refractivity contribution in [1.82, 2.24) is 10.3 Å². The van der Waals surface area contributed by atoms with Crippen LogP contribution in [0.5, 0.6) is 0 Å². The Morgan fingerprint density at radius 1 is 1.42 bits per heavy atom. The van der Waals surface area contributed by atoms with Gasteiger partial charge in [0, 0.05) is 28.8 Å². The summed E-state index contributed by atoms with van der Waals surface area (Å²) in [5.74, 6) is 1.75. The monoisotopic (exact) mass is 279 g/mol. The maximum Gasteiger partial charge on any atom is 0.128 e. The van der Waals surface area contributed by atoms with Crippen LogP contribution in [0.25, 0.3) is 0 Å². The number of thioether (sulfide) groups is 1. The fourth-order valence-corrected chi connectivity index (χ4v) is 4.28. The molecule has 0 aromatic carbocycles. The number of hydrogen-bond donors (Lipinski definition) is 2. The van der Waals surface area contributed by atoms with E-state index in [0.29, 0.717) is 11.9 Å². The number of nitrogens with zero attached hydrogens (tertiary/aromatic N) is 1. The van der Waals surface area contributed by atoms with Crippen LogP contribution in [-0.2, 0) is 0 Å². The van der Waals surface area contributed by atoms with Crippen LogP contribution < -0.4 is 11.1 Å². The molecule has 1 aliphatic carbocycles. The lowest BCUT2D eigenvalue weighted by Gasteiger charge is -2.25. The van der Waals surface area contributed by atoms with Gasteiger partial charge in [-0.3, -0.25) is 0 Å². The van der Waals surface area contributed by atoms with E-state index in [0.717, 1.165) is 11.0 Å². The van der Waals surface area contributed by atoms with E-state index in [1.165, 1.54) is 43.2 Å². The van der Waals surface area contributed by atoms with Gasteiger partial charge >= 0.3 is 0 Å². The zero-order valence-corrected chi connectivity index (χ0v) is 12.8. The lowest BCUT2D eigenvalue weighted by molar-refractivity contribution is 0.514. The molecule has 3 N–H and O–H groups in total. The number of aryl methyl sites for hydroxylation is 1. The Morgan fingerprint density at radius 3 is 2.79 bits per heavy atom. The number of nitrogens with two attached hydrogens (primary N) is 1. The normalized spacial score (nSPS) is 18.4. The highest BCUT2D eigenvalue weighted by Gasteiger charge is 2.19. The van der Waals surface area contributed by atoms with E-state index in [4.69, 9.17) is 5.73 Å². The first kappa shape index (κ1) is 14.7. The van der Waals surface area contributed by atoms with Crippen LogP contribution in [0.15, 0.2) is 12.3 Å². The van der Waals surface area contributed by atoms with Crippen molar-refractivity contribution in [2.45, 2.75) is 50.3 Å². The van der Waals surface area contributed by atoms with Gasteiger partial charge in [0.15, 0.2) is 0 Å². The molecule has 2 rings (SSSR count). The van der Waals surface area contributed by atoms with Gasteiger partial charge in [0.05, 0.1) is 0 Å². The van der Waals surface area contributed by atoms with Crippen molar-refractivity contribution in [1.29, 1.82) is 0 Å². The maximum atomic E-state index is 6.05. The van der Waals surface area contributed by atoms with Crippen molar-refractivity contribution < 1.29 is 0 Å². The van der Waals surface area contributed by atoms with Crippen LogP contribution in [0.4, 0.5) is 5.82 Å². The summed E-state index contributed by atoms with van der Waals surface area (Å²) in [6.45, 7) is 2.11. The standard InChI is InChI=1S/C15H25N3S/c1-11-8-9-18-15(16)14(11)13(17-2)10-19-12-6-4-3-5-7-12/h8-9,12-13,17H,3-7,10H2,1-2H3,(H2,16,18). The minimum absolute atomic E-state index is 0.306.